The number of nitrogens with one attached hydrogen (secondary N) is 2. The van der Waals surface area contributed by atoms with E-state index in [4.69, 9.17) is 0 Å². The summed E-state index contributed by atoms with van der Waals surface area (Å²) in [5.41, 5.74) is 2.25. The van der Waals surface area contributed by atoms with E-state index in [1.54, 1.807) is 48.5 Å². The summed E-state index contributed by atoms with van der Waals surface area (Å²) >= 11 is 1.52. The predicted octanol–water partition coefficient (Wildman–Crippen LogP) is 4.60. The quantitative estimate of drug-likeness (QED) is 0.460. The molecule has 3 aromatic rings. The van der Waals surface area contributed by atoms with Crippen LogP contribution in [0, 0.1) is 12.7 Å². The minimum atomic E-state index is -3.74. The van der Waals surface area contributed by atoms with Crippen LogP contribution in [0.3, 0.4) is 0 Å². The van der Waals surface area contributed by atoms with Gasteiger partial charge in [-0.25, -0.2) is 12.8 Å². The van der Waals surface area contributed by atoms with Crippen molar-refractivity contribution in [3.05, 3.63) is 95.3 Å². The Kier molecular flexibility index (Phi) is 7.70. The molecule has 3 aromatic carbocycles. The van der Waals surface area contributed by atoms with Crippen LogP contribution in [0.2, 0.25) is 0 Å². The van der Waals surface area contributed by atoms with Gasteiger partial charge in [0.15, 0.2) is 0 Å². The van der Waals surface area contributed by atoms with E-state index in [1.165, 1.54) is 36.0 Å². The van der Waals surface area contributed by atoms with Gasteiger partial charge in [-0.05, 0) is 48.9 Å². The van der Waals surface area contributed by atoms with Gasteiger partial charge in [-0.3, -0.25) is 9.52 Å². The molecule has 0 bridgehead atoms. The van der Waals surface area contributed by atoms with E-state index in [-0.39, 0.29) is 16.6 Å². The van der Waals surface area contributed by atoms with Crippen molar-refractivity contribution in [2.75, 3.05) is 17.0 Å². The lowest BCUT2D eigenvalue weighted by Gasteiger charge is -2.10. The summed E-state index contributed by atoms with van der Waals surface area (Å²) in [6, 6.07) is 19.5. The topological polar surface area (TPSA) is 75.3 Å². The molecule has 0 saturated carbocycles. The Balaban J connectivity index is 1.52. The maximum absolute atomic E-state index is 13.6. The first-order valence-electron chi connectivity index (χ1n) is 9.64. The Labute approximate surface area is 186 Å². The van der Waals surface area contributed by atoms with E-state index in [9.17, 15) is 17.6 Å². The minimum absolute atomic E-state index is 0.153. The number of benzene rings is 3. The van der Waals surface area contributed by atoms with Crippen LogP contribution in [0.4, 0.5) is 10.1 Å². The van der Waals surface area contributed by atoms with Crippen molar-refractivity contribution in [3.8, 4) is 0 Å². The van der Waals surface area contributed by atoms with Gasteiger partial charge in [-0.2, -0.15) is 11.8 Å². The van der Waals surface area contributed by atoms with Gasteiger partial charge in [0.1, 0.15) is 5.82 Å². The molecule has 31 heavy (non-hydrogen) atoms. The molecule has 0 spiro atoms. The second-order valence-corrected chi connectivity index (χ2v) is 9.69. The second-order valence-electron chi connectivity index (χ2n) is 6.90. The van der Waals surface area contributed by atoms with Gasteiger partial charge in [0.05, 0.1) is 4.90 Å². The van der Waals surface area contributed by atoms with Crippen LogP contribution >= 0.6 is 11.8 Å². The van der Waals surface area contributed by atoms with Crippen molar-refractivity contribution in [1.29, 1.82) is 0 Å². The van der Waals surface area contributed by atoms with Crippen LogP contribution in [0.1, 0.15) is 21.5 Å². The lowest BCUT2D eigenvalue weighted by molar-refractivity contribution is 0.0956. The van der Waals surface area contributed by atoms with Gasteiger partial charge in [-0.1, -0.05) is 42.0 Å². The summed E-state index contributed by atoms with van der Waals surface area (Å²) in [6.45, 7) is 2.29. The number of thioether (sulfide) groups is 1. The molecule has 0 atom stereocenters. The van der Waals surface area contributed by atoms with Crippen LogP contribution in [-0.2, 0) is 15.8 Å². The zero-order valence-corrected chi connectivity index (χ0v) is 18.6. The number of amides is 1. The van der Waals surface area contributed by atoms with Gasteiger partial charge in [0.2, 0.25) is 0 Å². The van der Waals surface area contributed by atoms with Crippen LogP contribution in [0.15, 0.2) is 77.7 Å². The smallest absolute Gasteiger partial charge is 0.261 e. The number of halogens is 1. The molecule has 8 heteroatoms. The summed E-state index contributed by atoms with van der Waals surface area (Å²) < 4.78 is 41.2. The van der Waals surface area contributed by atoms with E-state index in [2.05, 4.69) is 10.0 Å². The highest BCUT2D eigenvalue weighted by atomic mass is 32.2. The van der Waals surface area contributed by atoms with E-state index in [1.807, 2.05) is 6.92 Å². The molecule has 0 saturated heterocycles. The van der Waals surface area contributed by atoms with Crippen molar-refractivity contribution in [2.45, 2.75) is 17.6 Å². The number of carbonyl (C=O) groups is 1. The molecule has 0 unspecified atom stereocenters. The van der Waals surface area contributed by atoms with E-state index in [0.717, 1.165) is 5.56 Å². The molecule has 2 N–H and O–H groups in total. The molecule has 0 aliphatic heterocycles. The summed E-state index contributed by atoms with van der Waals surface area (Å²) in [5.74, 6) is 0.616. The molecular weight excluding hydrogens is 435 g/mol. The fraction of sp³-hybridized carbons (Fsp3) is 0.174. The molecule has 0 aliphatic carbocycles. The molecule has 5 nitrogen and oxygen atoms in total. The lowest BCUT2D eigenvalue weighted by atomic mass is 10.2. The molecular formula is C23H23FN2O3S2. The Morgan fingerprint density at radius 2 is 1.74 bits per heavy atom. The number of rotatable bonds is 9. The average Bonchev–Trinajstić information content (AvgIpc) is 2.75. The maximum atomic E-state index is 13.6. The van der Waals surface area contributed by atoms with Crippen LogP contribution in [-0.4, -0.2) is 26.6 Å². The molecule has 0 radical (unpaired) electrons. The Hall–Kier alpha value is -2.84. The van der Waals surface area contributed by atoms with Crippen molar-refractivity contribution in [3.63, 3.8) is 0 Å². The van der Waals surface area contributed by atoms with Crippen LogP contribution in [0.25, 0.3) is 0 Å². The first-order chi connectivity index (χ1) is 14.8. The monoisotopic (exact) mass is 458 g/mol. The van der Waals surface area contributed by atoms with Crippen molar-refractivity contribution >= 4 is 33.4 Å². The third-order valence-electron chi connectivity index (χ3n) is 4.46. The number of hydrogen-bond donors (Lipinski definition) is 2. The summed E-state index contributed by atoms with van der Waals surface area (Å²) in [6.07, 6.45) is 0. The molecule has 0 aliphatic rings. The zero-order valence-electron chi connectivity index (χ0n) is 17.0. The van der Waals surface area contributed by atoms with Gasteiger partial charge in [0.25, 0.3) is 15.9 Å². The summed E-state index contributed by atoms with van der Waals surface area (Å²) in [5, 5.41) is 2.80. The normalized spacial score (nSPS) is 11.2. The van der Waals surface area contributed by atoms with Crippen molar-refractivity contribution < 1.29 is 17.6 Å². The maximum Gasteiger partial charge on any atom is 0.261 e. The van der Waals surface area contributed by atoms with E-state index >= 15 is 0 Å². The minimum Gasteiger partial charge on any atom is -0.351 e. The Morgan fingerprint density at radius 1 is 1.00 bits per heavy atom. The number of hydrogen-bond acceptors (Lipinski definition) is 4. The van der Waals surface area contributed by atoms with Gasteiger partial charge >= 0.3 is 0 Å². The first kappa shape index (κ1) is 22.8. The number of aryl methyl sites for hydroxylation is 1. The lowest BCUT2D eigenvalue weighted by Crippen LogP contribution is -2.26. The predicted molar refractivity (Wildman–Crippen MR) is 123 cm³/mol. The summed E-state index contributed by atoms with van der Waals surface area (Å²) in [4.78, 5) is 12.6. The zero-order chi connectivity index (χ0) is 22.3. The number of sulfonamides is 1. The molecule has 162 valence electrons. The number of anilines is 1. The third kappa shape index (κ3) is 6.57. The third-order valence-corrected chi connectivity index (χ3v) is 6.86. The highest BCUT2D eigenvalue weighted by molar-refractivity contribution is 7.98. The largest absolute Gasteiger partial charge is 0.351 e. The van der Waals surface area contributed by atoms with Crippen molar-refractivity contribution in [1.82, 2.24) is 5.32 Å². The number of carbonyl (C=O) groups excluding carboxylic acids is 1. The fourth-order valence-corrected chi connectivity index (χ4v) is 4.69. The standard InChI is InChI=1S/C23H23FN2O3S2/c1-17-9-11-21(12-10-17)31(28,29)26-20-7-4-6-18(15-20)23(27)25-13-14-30-16-19-5-2-3-8-22(19)24/h2-12,15,26H,13-14,16H2,1H3,(H,25,27). The molecule has 0 aromatic heterocycles. The van der Waals surface area contributed by atoms with Crippen LogP contribution in [0.5, 0.6) is 0 Å². The van der Waals surface area contributed by atoms with E-state index in [0.29, 0.717) is 34.9 Å². The van der Waals surface area contributed by atoms with Crippen LogP contribution < -0.4 is 10.0 Å². The molecule has 0 fully saturated rings. The van der Waals surface area contributed by atoms with Gasteiger partial charge < -0.3 is 5.32 Å². The molecule has 3 rings (SSSR count). The molecule has 1 amide bonds. The van der Waals surface area contributed by atoms with Gasteiger partial charge in [0, 0.05) is 29.3 Å². The highest BCUT2D eigenvalue weighted by Crippen LogP contribution is 2.18. The van der Waals surface area contributed by atoms with Crippen molar-refractivity contribution in [2.24, 2.45) is 0 Å². The van der Waals surface area contributed by atoms with E-state index < -0.39 is 10.0 Å². The van der Waals surface area contributed by atoms with Gasteiger partial charge in [-0.15, -0.1) is 0 Å². The average molecular weight is 459 g/mol. The molecule has 0 heterocycles. The second kappa shape index (κ2) is 10.5. The summed E-state index contributed by atoms with van der Waals surface area (Å²) in [7, 11) is -3.74. The fourth-order valence-electron chi connectivity index (χ4n) is 2.79. The SMILES string of the molecule is Cc1ccc(S(=O)(=O)Nc2cccc(C(=O)NCCSCc3ccccc3F)c2)cc1. The highest BCUT2D eigenvalue weighted by Gasteiger charge is 2.15. The Bertz CT molecular complexity index is 1150. The first-order valence-corrected chi connectivity index (χ1v) is 12.3. The Morgan fingerprint density at radius 3 is 2.48 bits per heavy atom.